The molecule has 0 rings (SSSR count). The monoisotopic (exact) mass is 786 g/mol. The van der Waals surface area contributed by atoms with Crippen molar-refractivity contribution in [3.63, 3.8) is 0 Å². The number of hydrogen-bond acceptors (Lipinski definition) is 17. The van der Waals surface area contributed by atoms with Crippen LogP contribution in [0.25, 0.3) is 0 Å². The molecule has 0 radical (unpaired) electrons. The second kappa shape index (κ2) is 27.7. The molecule has 0 saturated heterocycles. The number of rotatable bonds is 34. The van der Waals surface area contributed by atoms with Crippen LogP contribution in [0.4, 0.5) is 0 Å². The molecule has 0 aliphatic rings. The van der Waals surface area contributed by atoms with Crippen LogP contribution < -0.4 is 68.8 Å². The lowest BCUT2D eigenvalue weighted by molar-refractivity contribution is -0.180. The van der Waals surface area contributed by atoms with Crippen LogP contribution >= 0.6 is 0 Å². The van der Waals surface area contributed by atoms with Gasteiger partial charge in [-0.3, -0.25) is 33.7 Å². The maximum atomic E-state index is 15.4. The number of carbonyl (C=O) groups is 6. The molecular formula is C36H75N13O6. The van der Waals surface area contributed by atoms with E-state index in [1.165, 1.54) is 0 Å². The van der Waals surface area contributed by atoms with Gasteiger partial charge in [0.2, 0.25) is 17.4 Å². The van der Waals surface area contributed by atoms with Crippen LogP contribution in [0.1, 0.15) is 109 Å². The number of hydrogen-bond donors (Lipinski definition) is 12. The molecule has 0 aliphatic carbocycles. The topological polar surface area (TPSA) is 418 Å². The van der Waals surface area contributed by atoms with Gasteiger partial charge in [0, 0.05) is 0 Å². The average molecular weight is 786 g/mol. The molecule has 0 spiro atoms. The first-order chi connectivity index (χ1) is 26.1. The van der Waals surface area contributed by atoms with E-state index in [1.807, 2.05) is 0 Å². The Morgan fingerprint density at radius 1 is 0.400 bits per heavy atom. The molecule has 0 aromatic heterocycles. The van der Waals surface area contributed by atoms with Gasteiger partial charge in [0.15, 0.2) is 17.3 Å². The van der Waals surface area contributed by atoms with E-state index in [9.17, 15) is 14.4 Å². The van der Waals surface area contributed by atoms with Gasteiger partial charge >= 0.3 is 0 Å². The molecule has 0 aromatic rings. The third-order valence-electron chi connectivity index (χ3n) is 10.2. The first-order valence-electron chi connectivity index (χ1n) is 19.9. The highest BCUT2D eigenvalue weighted by atomic mass is 16.2. The Morgan fingerprint density at radius 3 is 0.945 bits per heavy atom. The lowest BCUT2D eigenvalue weighted by atomic mass is 9.54. The van der Waals surface area contributed by atoms with Gasteiger partial charge in [-0.1, -0.05) is 32.1 Å². The van der Waals surface area contributed by atoms with E-state index in [4.69, 9.17) is 68.8 Å². The summed E-state index contributed by atoms with van der Waals surface area (Å²) in [6.07, 6.45) is 2.41. The van der Waals surface area contributed by atoms with Crippen molar-refractivity contribution in [1.29, 1.82) is 0 Å². The van der Waals surface area contributed by atoms with Gasteiger partial charge in [-0.25, -0.2) is 0 Å². The molecule has 0 unspecified atom stereocenters. The summed E-state index contributed by atoms with van der Waals surface area (Å²) < 4.78 is 0. The molecule has 320 valence electrons. The smallest absolute Gasteiger partial charge is 0.253 e. The lowest BCUT2D eigenvalue weighted by Gasteiger charge is -2.53. The minimum absolute atomic E-state index is 0.0548. The molecule has 6 atom stereocenters. The fourth-order valence-electron chi connectivity index (χ4n) is 7.08. The van der Waals surface area contributed by atoms with Crippen LogP contribution in [-0.2, 0) is 28.8 Å². The zero-order chi connectivity index (χ0) is 42.2. The summed E-state index contributed by atoms with van der Waals surface area (Å²) in [5, 5.41) is 0. The maximum absolute atomic E-state index is 15.4. The largest absolute Gasteiger partial charge is 0.367 e. The number of nitrogens with zero attached hydrogens (tertiary/aromatic N) is 1. The van der Waals surface area contributed by atoms with Crippen LogP contribution in [0.3, 0.4) is 0 Å². The summed E-state index contributed by atoms with van der Waals surface area (Å²) in [6, 6.07) is -7.84. The minimum atomic E-state index is -3.44. The van der Waals surface area contributed by atoms with Crippen LogP contribution in [0.15, 0.2) is 0 Å². The molecule has 3 amide bonds. The molecule has 0 heterocycles. The van der Waals surface area contributed by atoms with E-state index in [-0.39, 0.29) is 89.1 Å². The van der Waals surface area contributed by atoms with Crippen molar-refractivity contribution in [3.8, 4) is 0 Å². The Kier molecular flexibility index (Phi) is 26.3. The van der Waals surface area contributed by atoms with E-state index in [2.05, 4.69) is 0 Å². The van der Waals surface area contributed by atoms with E-state index >= 15 is 14.4 Å². The van der Waals surface area contributed by atoms with Crippen LogP contribution in [0, 0.1) is 5.41 Å². The van der Waals surface area contributed by atoms with Gasteiger partial charge in [0.05, 0.1) is 30.2 Å². The molecule has 0 aliphatic heterocycles. The van der Waals surface area contributed by atoms with Crippen LogP contribution in [0.5, 0.6) is 0 Å². The van der Waals surface area contributed by atoms with Crippen molar-refractivity contribution in [2.45, 2.75) is 145 Å². The summed E-state index contributed by atoms with van der Waals surface area (Å²) in [4.78, 5) is 90.9. The molecule has 0 fully saturated rings. The van der Waals surface area contributed by atoms with E-state index in [1.54, 1.807) is 0 Å². The number of amides is 3. The molecule has 0 bridgehead atoms. The highest BCUT2D eigenvalue weighted by Gasteiger charge is 2.74. The highest BCUT2D eigenvalue weighted by molar-refractivity contribution is 6.29. The van der Waals surface area contributed by atoms with Gasteiger partial charge < -0.3 is 68.8 Å². The van der Waals surface area contributed by atoms with Crippen LogP contribution in [-0.4, -0.2) is 115 Å². The SMILES string of the molecule is NCCCC[C@H](N)C(=O)N(C(=O)[C@@H](N)CCCCN)[C@@](C(N)=O)(C(=O)[C@@H](N)CCCCN)C(CCCN)(C(=O)[C@@H](N)CCCCN)C(=O)[C@@H](N)CCCCN. The second-order valence-corrected chi connectivity index (χ2v) is 14.4. The molecule has 19 nitrogen and oxygen atoms in total. The summed E-state index contributed by atoms with van der Waals surface area (Å²) in [5.41, 5.74) is 67.0. The Morgan fingerprint density at radius 2 is 0.673 bits per heavy atom. The number of imide groups is 1. The Balaban J connectivity index is 8.84. The Hall–Kier alpha value is -2.82. The van der Waals surface area contributed by atoms with Crippen molar-refractivity contribution in [2.24, 2.45) is 74.2 Å². The number of carbonyl (C=O) groups excluding carboxylic acids is 6. The molecule has 0 saturated carbocycles. The van der Waals surface area contributed by atoms with Crippen molar-refractivity contribution in [2.75, 3.05) is 39.3 Å². The number of unbranched alkanes of at least 4 members (excludes halogenated alkanes) is 5. The zero-order valence-corrected chi connectivity index (χ0v) is 33.0. The maximum Gasteiger partial charge on any atom is 0.253 e. The molecule has 55 heavy (non-hydrogen) atoms. The first-order valence-corrected chi connectivity index (χ1v) is 19.9. The summed E-state index contributed by atoms with van der Waals surface area (Å²) in [6.45, 7) is 1.09. The van der Waals surface area contributed by atoms with Crippen molar-refractivity contribution < 1.29 is 28.8 Å². The Labute approximate surface area is 326 Å². The number of ketones is 3. The summed E-state index contributed by atoms with van der Waals surface area (Å²) >= 11 is 0. The first kappa shape index (κ1) is 52.2. The summed E-state index contributed by atoms with van der Waals surface area (Å²) in [5.74, 6) is -7.86. The predicted octanol–water partition coefficient (Wildman–Crippen LogP) is -3.72. The van der Waals surface area contributed by atoms with Gasteiger partial charge in [0.25, 0.3) is 5.91 Å². The standard InChI is InChI=1S/C36H75N13O6/c37-18-6-1-12-24(43)29(50)35(17-11-23-42,30(51)25(44)13-2-7-19-38)36(34(48)55,31(52)26(45)14-3-8-20-39)49(32(53)27(46)15-4-9-21-40)33(54)28(47)16-5-10-22-41/h24-28H,1-23,37-47H2,(H2,48,55)/t24-,25-,26-,27-,28-,36+/m0/s1. The fourth-order valence-corrected chi connectivity index (χ4v) is 7.08. The zero-order valence-electron chi connectivity index (χ0n) is 33.0. The minimum Gasteiger partial charge on any atom is -0.367 e. The summed E-state index contributed by atoms with van der Waals surface area (Å²) in [7, 11) is 0. The normalized spacial score (nSPS) is 15.7. The van der Waals surface area contributed by atoms with Gasteiger partial charge in [-0.05, 0) is 116 Å². The third-order valence-corrected chi connectivity index (χ3v) is 10.2. The van der Waals surface area contributed by atoms with Crippen molar-refractivity contribution in [3.05, 3.63) is 0 Å². The molecule has 0 aromatic carbocycles. The quantitative estimate of drug-likeness (QED) is 0.0220. The second-order valence-electron chi connectivity index (χ2n) is 14.4. The van der Waals surface area contributed by atoms with E-state index in [0.717, 1.165) is 0 Å². The van der Waals surface area contributed by atoms with Gasteiger partial charge in [-0.2, -0.15) is 0 Å². The molecule has 24 N–H and O–H groups in total. The van der Waals surface area contributed by atoms with E-state index < -0.39 is 82.7 Å². The number of Topliss-reactive ketones (excluding diaryl/α,β-unsaturated/α-hetero) is 3. The van der Waals surface area contributed by atoms with E-state index in [0.29, 0.717) is 57.8 Å². The van der Waals surface area contributed by atoms with Crippen molar-refractivity contribution >= 4 is 35.1 Å². The molecule has 19 heteroatoms. The third kappa shape index (κ3) is 14.0. The number of primary amides is 1. The van der Waals surface area contributed by atoms with Gasteiger partial charge in [0.1, 0.15) is 5.41 Å². The fraction of sp³-hybridized carbons (Fsp3) is 0.833. The number of nitrogens with two attached hydrogens (primary N) is 12. The van der Waals surface area contributed by atoms with Gasteiger partial charge in [-0.15, -0.1) is 0 Å². The van der Waals surface area contributed by atoms with Crippen molar-refractivity contribution in [1.82, 2.24) is 4.90 Å². The average Bonchev–Trinajstić information content (AvgIpc) is 3.16. The molecular weight excluding hydrogens is 710 g/mol. The Bertz CT molecular complexity index is 1140. The predicted molar refractivity (Wildman–Crippen MR) is 214 cm³/mol. The van der Waals surface area contributed by atoms with Crippen LogP contribution in [0.2, 0.25) is 0 Å². The highest BCUT2D eigenvalue weighted by Crippen LogP contribution is 2.47. The lowest BCUT2D eigenvalue weighted by Crippen LogP contribution is -2.82.